The Morgan fingerprint density at radius 1 is 1.06 bits per heavy atom. The Hall–Kier alpha value is -1.94. The monoisotopic (exact) mass is 476 g/mol. The van der Waals surface area contributed by atoms with Crippen LogP contribution in [-0.2, 0) is 19.5 Å². The number of furan rings is 1. The van der Waals surface area contributed by atoms with Crippen LogP contribution >= 0.6 is 0 Å². The van der Waals surface area contributed by atoms with Crippen LogP contribution < -0.4 is 0 Å². The molecule has 2 aromatic rings. The van der Waals surface area contributed by atoms with Crippen LogP contribution in [0.25, 0.3) is 11.0 Å². The van der Waals surface area contributed by atoms with Gasteiger partial charge in [0, 0.05) is 50.0 Å². The highest BCUT2D eigenvalue weighted by atomic mass is 32.2. The van der Waals surface area contributed by atoms with Gasteiger partial charge in [-0.1, -0.05) is 13.8 Å². The van der Waals surface area contributed by atoms with E-state index in [1.54, 1.807) is 18.2 Å². The molecule has 1 aromatic heterocycles. The molecule has 0 saturated carbocycles. The van der Waals surface area contributed by atoms with Crippen LogP contribution in [0.1, 0.15) is 49.2 Å². The van der Waals surface area contributed by atoms with E-state index in [0.717, 1.165) is 6.42 Å². The van der Waals surface area contributed by atoms with Crippen molar-refractivity contribution in [2.24, 2.45) is 11.8 Å². The summed E-state index contributed by atoms with van der Waals surface area (Å²) in [5.74, 6) is 0.446. The Morgan fingerprint density at radius 3 is 2.33 bits per heavy atom. The average Bonchev–Trinajstić information content (AvgIpc) is 3.37. The fraction of sp³-hybridized carbons (Fsp3) is 0.625. The van der Waals surface area contributed by atoms with E-state index in [9.17, 15) is 13.2 Å². The SMILES string of the molecule is Cc1c(C(=O)N2CC(C)CC(C)C2)oc2ccc(S(=O)(=O)N3CCC4(CC3)OCCO4)cc12. The second-order valence-electron chi connectivity index (χ2n) is 9.88. The highest BCUT2D eigenvalue weighted by molar-refractivity contribution is 7.89. The molecule has 0 N–H and O–H groups in total. The van der Waals surface area contributed by atoms with E-state index < -0.39 is 15.8 Å². The van der Waals surface area contributed by atoms with Crippen LogP contribution in [0.15, 0.2) is 27.5 Å². The van der Waals surface area contributed by atoms with Gasteiger partial charge in [0.1, 0.15) is 5.58 Å². The van der Waals surface area contributed by atoms with E-state index in [-0.39, 0.29) is 10.8 Å². The number of likely N-dealkylation sites (tertiary alicyclic amines) is 1. The first-order valence-electron chi connectivity index (χ1n) is 11.8. The van der Waals surface area contributed by atoms with Crippen LogP contribution in [0.5, 0.6) is 0 Å². The van der Waals surface area contributed by atoms with E-state index in [4.69, 9.17) is 13.9 Å². The Bertz CT molecular complexity index is 1150. The maximum absolute atomic E-state index is 13.3. The number of hydrogen-bond donors (Lipinski definition) is 0. The maximum Gasteiger partial charge on any atom is 0.289 e. The molecule has 8 nitrogen and oxygen atoms in total. The summed E-state index contributed by atoms with van der Waals surface area (Å²) >= 11 is 0. The molecule has 0 bridgehead atoms. The largest absolute Gasteiger partial charge is 0.451 e. The number of aryl methyl sites for hydroxylation is 1. The molecule has 0 aliphatic carbocycles. The summed E-state index contributed by atoms with van der Waals surface area (Å²) in [6, 6.07) is 4.85. The zero-order valence-electron chi connectivity index (χ0n) is 19.5. The molecule has 3 fully saturated rings. The number of rotatable bonds is 3. The predicted molar refractivity (Wildman–Crippen MR) is 122 cm³/mol. The minimum atomic E-state index is -3.68. The molecule has 33 heavy (non-hydrogen) atoms. The van der Waals surface area contributed by atoms with Crippen molar-refractivity contribution in [1.82, 2.24) is 9.21 Å². The summed E-state index contributed by atoms with van der Waals surface area (Å²) in [6.45, 7) is 9.37. The Morgan fingerprint density at radius 2 is 1.70 bits per heavy atom. The normalized spacial score (nSPS) is 26.3. The van der Waals surface area contributed by atoms with Gasteiger partial charge in [-0.05, 0) is 43.4 Å². The van der Waals surface area contributed by atoms with Gasteiger partial charge in [0.05, 0.1) is 18.1 Å². The van der Waals surface area contributed by atoms with Crippen LogP contribution in [0.3, 0.4) is 0 Å². The molecule has 5 rings (SSSR count). The lowest BCUT2D eigenvalue weighted by molar-refractivity contribution is -0.179. The molecule has 3 aliphatic rings. The number of sulfonamides is 1. The molecule has 180 valence electrons. The zero-order valence-corrected chi connectivity index (χ0v) is 20.3. The van der Waals surface area contributed by atoms with E-state index in [2.05, 4.69) is 13.8 Å². The lowest BCUT2D eigenvalue weighted by Gasteiger charge is -2.36. The summed E-state index contributed by atoms with van der Waals surface area (Å²) in [4.78, 5) is 15.3. The predicted octanol–water partition coefficient (Wildman–Crippen LogP) is 3.39. The van der Waals surface area contributed by atoms with E-state index >= 15 is 0 Å². The first-order chi connectivity index (χ1) is 15.7. The van der Waals surface area contributed by atoms with Gasteiger partial charge in [-0.2, -0.15) is 4.31 Å². The van der Waals surface area contributed by atoms with Gasteiger partial charge >= 0.3 is 0 Å². The Kier molecular flexibility index (Phi) is 5.79. The van der Waals surface area contributed by atoms with Crippen LogP contribution in [-0.4, -0.2) is 68.7 Å². The molecule has 4 heterocycles. The van der Waals surface area contributed by atoms with Crippen molar-refractivity contribution in [3.05, 3.63) is 29.5 Å². The smallest absolute Gasteiger partial charge is 0.289 e. The first kappa shape index (κ1) is 22.8. The van der Waals surface area contributed by atoms with Crippen molar-refractivity contribution in [2.75, 3.05) is 39.4 Å². The van der Waals surface area contributed by atoms with E-state index in [1.807, 2.05) is 11.8 Å². The van der Waals surface area contributed by atoms with Crippen molar-refractivity contribution in [3.8, 4) is 0 Å². The third kappa shape index (κ3) is 4.09. The second-order valence-corrected chi connectivity index (χ2v) is 11.8. The van der Waals surface area contributed by atoms with E-state index in [1.165, 1.54) is 4.31 Å². The van der Waals surface area contributed by atoms with Crippen molar-refractivity contribution in [2.45, 2.75) is 50.7 Å². The topological polar surface area (TPSA) is 89.3 Å². The highest BCUT2D eigenvalue weighted by Gasteiger charge is 2.42. The molecule has 3 saturated heterocycles. The zero-order chi connectivity index (χ0) is 23.4. The van der Waals surface area contributed by atoms with Crippen molar-refractivity contribution < 1.29 is 27.1 Å². The minimum absolute atomic E-state index is 0.121. The highest BCUT2D eigenvalue weighted by Crippen LogP contribution is 2.35. The fourth-order valence-corrected chi connectivity index (χ4v) is 7.01. The number of benzene rings is 1. The number of ether oxygens (including phenoxy) is 2. The van der Waals surface area contributed by atoms with Gasteiger partial charge < -0.3 is 18.8 Å². The minimum Gasteiger partial charge on any atom is -0.451 e. The third-order valence-electron chi connectivity index (χ3n) is 7.19. The number of carbonyl (C=O) groups is 1. The maximum atomic E-state index is 13.3. The van der Waals surface area contributed by atoms with Crippen molar-refractivity contribution in [3.63, 3.8) is 0 Å². The van der Waals surface area contributed by atoms with Gasteiger partial charge in [0.2, 0.25) is 10.0 Å². The lowest BCUT2D eigenvalue weighted by atomic mass is 9.91. The number of nitrogens with zero attached hydrogens (tertiary/aromatic N) is 2. The van der Waals surface area contributed by atoms with Gasteiger partial charge in [-0.3, -0.25) is 4.79 Å². The van der Waals surface area contributed by atoms with E-state index in [0.29, 0.717) is 86.4 Å². The standard InChI is InChI=1S/C24H32N2O6S/c1-16-12-17(2)15-25(14-16)23(27)22-18(3)20-13-19(4-5-21(20)32-22)33(28,29)26-8-6-24(7-9-26)30-10-11-31-24/h4-5,13,16-17H,6-12,14-15H2,1-3H3. The molecule has 9 heteroatoms. The molecule has 2 unspecified atom stereocenters. The lowest BCUT2D eigenvalue weighted by Crippen LogP contribution is -2.47. The fourth-order valence-electron chi connectivity index (χ4n) is 5.54. The summed E-state index contributed by atoms with van der Waals surface area (Å²) < 4.78 is 45.5. The van der Waals surface area contributed by atoms with Crippen molar-refractivity contribution >= 4 is 26.9 Å². The van der Waals surface area contributed by atoms with Gasteiger partial charge in [-0.15, -0.1) is 0 Å². The summed E-state index contributed by atoms with van der Waals surface area (Å²) in [6.07, 6.45) is 2.15. The number of hydrogen-bond acceptors (Lipinski definition) is 6. The summed E-state index contributed by atoms with van der Waals surface area (Å²) in [7, 11) is -3.68. The molecule has 2 atom stereocenters. The van der Waals surface area contributed by atoms with Crippen LogP contribution in [0.4, 0.5) is 0 Å². The van der Waals surface area contributed by atoms with Gasteiger partial charge in [0.25, 0.3) is 5.91 Å². The molecule has 0 radical (unpaired) electrons. The molecule has 1 amide bonds. The molecular weight excluding hydrogens is 444 g/mol. The average molecular weight is 477 g/mol. The van der Waals surface area contributed by atoms with Crippen LogP contribution in [0, 0.1) is 18.8 Å². The molecule has 1 aromatic carbocycles. The molecular formula is C24H32N2O6S. The summed E-state index contributed by atoms with van der Waals surface area (Å²) in [5.41, 5.74) is 1.21. The first-order valence-corrected chi connectivity index (χ1v) is 13.2. The number of fused-ring (bicyclic) bond motifs is 1. The summed E-state index contributed by atoms with van der Waals surface area (Å²) in [5, 5.41) is 0.661. The van der Waals surface area contributed by atoms with Gasteiger partial charge in [0.15, 0.2) is 11.5 Å². The number of piperidine rings is 2. The molecule has 1 spiro atoms. The molecule has 3 aliphatic heterocycles. The van der Waals surface area contributed by atoms with Crippen LogP contribution in [0.2, 0.25) is 0 Å². The van der Waals surface area contributed by atoms with Gasteiger partial charge in [-0.25, -0.2) is 8.42 Å². The Labute approximate surface area is 194 Å². The van der Waals surface area contributed by atoms with Crippen molar-refractivity contribution in [1.29, 1.82) is 0 Å². The second kappa shape index (κ2) is 8.37. The quantitative estimate of drug-likeness (QED) is 0.675. The number of amides is 1. The third-order valence-corrected chi connectivity index (χ3v) is 9.09. The number of carbonyl (C=O) groups excluding carboxylic acids is 1. The Balaban J connectivity index is 1.39.